The highest BCUT2D eigenvalue weighted by molar-refractivity contribution is 6.30. The summed E-state index contributed by atoms with van der Waals surface area (Å²) in [6.45, 7) is 5.26. The Labute approximate surface area is 153 Å². The molecule has 5 heteroatoms. The van der Waals surface area contributed by atoms with Gasteiger partial charge in [-0.2, -0.15) is 0 Å². The van der Waals surface area contributed by atoms with Crippen LogP contribution < -0.4 is 5.32 Å². The minimum Gasteiger partial charge on any atom is -0.339 e. The molecule has 2 amide bonds. The van der Waals surface area contributed by atoms with Gasteiger partial charge in [-0.15, -0.1) is 0 Å². The van der Waals surface area contributed by atoms with E-state index in [1.165, 1.54) is 0 Å². The van der Waals surface area contributed by atoms with Gasteiger partial charge in [-0.1, -0.05) is 23.7 Å². The zero-order valence-corrected chi connectivity index (χ0v) is 15.3. The van der Waals surface area contributed by atoms with Gasteiger partial charge in [0.05, 0.1) is 0 Å². The summed E-state index contributed by atoms with van der Waals surface area (Å²) in [5.41, 5.74) is 2.34. The number of rotatable bonds is 7. The monoisotopic (exact) mass is 358 g/mol. The molecule has 1 N–H and O–H groups in total. The Bertz CT molecular complexity index is 725. The molecule has 0 aliphatic rings. The molecule has 2 aromatic rings. The van der Waals surface area contributed by atoms with Gasteiger partial charge in [0.25, 0.3) is 5.91 Å². The molecule has 0 heterocycles. The van der Waals surface area contributed by atoms with Crippen molar-refractivity contribution in [3.05, 3.63) is 64.7 Å². The van der Waals surface area contributed by atoms with Gasteiger partial charge in [-0.25, -0.2) is 0 Å². The minimum absolute atomic E-state index is 0.00355. The average Bonchev–Trinajstić information content (AvgIpc) is 2.61. The predicted octanol–water partition coefficient (Wildman–Crippen LogP) is 4.39. The van der Waals surface area contributed by atoms with Crippen LogP contribution in [0.3, 0.4) is 0 Å². The first-order valence-electron chi connectivity index (χ1n) is 8.47. The molecule has 2 rings (SSSR count). The van der Waals surface area contributed by atoms with Crippen LogP contribution in [-0.2, 0) is 11.2 Å². The van der Waals surface area contributed by atoms with Gasteiger partial charge in [0.1, 0.15) is 0 Å². The van der Waals surface area contributed by atoms with E-state index in [1.807, 2.05) is 38.1 Å². The van der Waals surface area contributed by atoms with E-state index in [-0.39, 0.29) is 11.8 Å². The topological polar surface area (TPSA) is 49.4 Å². The van der Waals surface area contributed by atoms with E-state index < -0.39 is 0 Å². The fourth-order valence-electron chi connectivity index (χ4n) is 2.56. The van der Waals surface area contributed by atoms with E-state index in [9.17, 15) is 9.59 Å². The number of benzene rings is 2. The highest BCUT2D eigenvalue weighted by Gasteiger charge is 2.12. The van der Waals surface area contributed by atoms with Crippen LogP contribution in [0.4, 0.5) is 5.69 Å². The number of halogens is 1. The van der Waals surface area contributed by atoms with Crippen LogP contribution in [0.25, 0.3) is 0 Å². The smallest absolute Gasteiger partial charge is 0.253 e. The highest BCUT2D eigenvalue weighted by Crippen LogP contribution is 2.14. The molecule has 0 aliphatic carbocycles. The third-order valence-corrected chi connectivity index (χ3v) is 4.23. The van der Waals surface area contributed by atoms with Crippen molar-refractivity contribution in [2.45, 2.75) is 26.7 Å². The summed E-state index contributed by atoms with van der Waals surface area (Å²) < 4.78 is 0. The summed E-state index contributed by atoms with van der Waals surface area (Å²) in [6.07, 6.45) is 1.01. The maximum Gasteiger partial charge on any atom is 0.253 e. The fourth-order valence-corrected chi connectivity index (χ4v) is 2.78. The van der Waals surface area contributed by atoms with Gasteiger partial charge >= 0.3 is 0 Å². The number of carbonyl (C=O) groups excluding carboxylic acids is 2. The maximum absolute atomic E-state index is 12.3. The van der Waals surface area contributed by atoms with E-state index in [0.29, 0.717) is 42.2 Å². The molecule has 0 spiro atoms. The Morgan fingerprint density at radius 3 is 2.32 bits per heavy atom. The SMILES string of the molecule is CCN(CC)C(=O)c1ccc(NC(=O)CCc2cccc(Cl)c2)cc1. The van der Waals surface area contributed by atoms with Crippen molar-refractivity contribution >= 4 is 29.1 Å². The van der Waals surface area contributed by atoms with Crippen LogP contribution in [0, 0.1) is 0 Å². The molecule has 4 nitrogen and oxygen atoms in total. The number of hydrogen-bond donors (Lipinski definition) is 1. The zero-order chi connectivity index (χ0) is 18.2. The van der Waals surface area contributed by atoms with Crippen LogP contribution in [0.2, 0.25) is 5.02 Å². The van der Waals surface area contributed by atoms with Crippen molar-refractivity contribution in [3.63, 3.8) is 0 Å². The van der Waals surface area contributed by atoms with Crippen LogP contribution in [0.15, 0.2) is 48.5 Å². The second-order valence-corrected chi connectivity index (χ2v) is 6.17. The van der Waals surface area contributed by atoms with Crippen molar-refractivity contribution in [2.24, 2.45) is 0 Å². The largest absolute Gasteiger partial charge is 0.339 e. The lowest BCUT2D eigenvalue weighted by atomic mass is 10.1. The number of anilines is 1. The molecule has 0 atom stereocenters. The minimum atomic E-state index is -0.0669. The lowest BCUT2D eigenvalue weighted by Gasteiger charge is -2.18. The van der Waals surface area contributed by atoms with E-state index in [4.69, 9.17) is 11.6 Å². The molecular weight excluding hydrogens is 336 g/mol. The summed E-state index contributed by atoms with van der Waals surface area (Å²) in [7, 11) is 0. The quantitative estimate of drug-likeness (QED) is 0.797. The summed E-state index contributed by atoms with van der Waals surface area (Å²) in [5.74, 6) is -0.0633. The standard InChI is InChI=1S/C20H23ClN2O2/c1-3-23(4-2)20(25)16-9-11-18(12-10-16)22-19(24)13-8-15-6-5-7-17(21)14-15/h5-7,9-12,14H,3-4,8,13H2,1-2H3,(H,22,24). The molecule has 0 saturated carbocycles. The zero-order valence-electron chi connectivity index (χ0n) is 14.6. The fraction of sp³-hybridized carbons (Fsp3) is 0.300. The molecule has 0 unspecified atom stereocenters. The van der Waals surface area contributed by atoms with Crippen molar-refractivity contribution in [1.82, 2.24) is 4.90 Å². The second kappa shape index (κ2) is 9.23. The first kappa shape index (κ1) is 19.0. The Morgan fingerprint density at radius 2 is 1.72 bits per heavy atom. The van der Waals surface area contributed by atoms with Gasteiger partial charge in [-0.05, 0) is 62.2 Å². The van der Waals surface area contributed by atoms with Crippen LogP contribution in [0.1, 0.15) is 36.2 Å². The molecule has 25 heavy (non-hydrogen) atoms. The first-order chi connectivity index (χ1) is 12.0. The summed E-state index contributed by atoms with van der Waals surface area (Å²) in [4.78, 5) is 26.1. The molecule has 0 aliphatic heterocycles. The van der Waals surface area contributed by atoms with Crippen molar-refractivity contribution in [1.29, 1.82) is 0 Å². The average molecular weight is 359 g/mol. The molecule has 0 fully saturated rings. The predicted molar refractivity (Wildman–Crippen MR) is 102 cm³/mol. The molecule has 2 aromatic carbocycles. The van der Waals surface area contributed by atoms with Gasteiger partial charge < -0.3 is 10.2 Å². The normalized spacial score (nSPS) is 10.4. The number of nitrogens with zero attached hydrogens (tertiary/aromatic N) is 1. The number of aryl methyl sites for hydroxylation is 1. The highest BCUT2D eigenvalue weighted by atomic mass is 35.5. The van der Waals surface area contributed by atoms with E-state index in [1.54, 1.807) is 29.2 Å². The van der Waals surface area contributed by atoms with Crippen molar-refractivity contribution < 1.29 is 9.59 Å². The molecule has 0 saturated heterocycles. The Hall–Kier alpha value is -2.33. The Balaban J connectivity index is 1.90. The van der Waals surface area contributed by atoms with Gasteiger partial charge in [0.2, 0.25) is 5.91 Å². The van der Waals surface area contributed by atoms with E-state index in [2.05, 4.69) is 5.32 Å². The molecular formula is C20H23ClN2O2. The summed E-state index contributed by atoms with van der Waals surface area (Å²) >= 11 is 5.94. The Morgan fingerprint density at radius 1 is 1.04 bits per heavy atom. The summed E-state index contributed by atoms with van der Waals surface area (Å²) in [6, 6.07) is 14.5. The Kier molecular flexibility index (Phi) is 7.02. The lowest BCUT2D eigenvalue weighted by molar-refractivity contribution is -0.116. The number of nitrogens with one attached hydrogen (secondary N) is 1. The van der Waals surface area contributed by atoms with Crippen LogP contribution in [-0.4, -0.2) is 29.8 Å². The van der Waals surface area contributed by atoms with Gasteiger partial charge in [-0.3, -0.25) is 9.59 Å². The number of hydrogen-bond acceptors (Lipinski definition) is 2. The molecule has 0 radical (unpaired) electrons. The maximum atomic E-state index is 12.3. The van der Waals surface area contributed by atoms with E-state index in [0.717, 1.165) is 5.56 Å². The summed E-state index contributed by atoms with van der Waals surface area (Å²) in [5, 5.41) is 3.53. The first-order valence-corrected chi connectivity index (χ1v) is 8.85. The van der Waals surface area contributed by atoms with Crippen LogP contribution in [0.5, 0.6) is 0 Å². The van der Waals surface area contributed by atoms with Crippen molar-refractivity contribution in [2.75, 3.05) is 18.4 Å². The van der Waals surface area contributed by atoms with Crippen molar-refractivity contribution in [3.8, 4) is 0 Å². The molecule has 132 valence electrons. The second-order valence-electron chi connectivity index (χ2n) is 5.73. The van der Waals surface area contributed by atoms with Gasteiger partial charge in [0.15, 0.2) is 0 Å². The number of amides is 2. The van der Waals surface area contributed by atoms with E-state index >= 15 is 0 Å². The van der Waals surface area contributed by atoms with Gasteiger partial charge in [0, 0.05) is 35.8 Å². The lowest BCUT2D eigenvalue weighted by Crippen LogP contribution is -2.30. The molecule has 0 aromatic heterocycles. The third kappa shape index (κ3) is 5.61. The third-order valence-electron chi connectivity index (χ3n) is 4.00. The molecule has 0 bridgehead atoms. The number of carbonyl (C=O) groups is 2. The van der Waals surface area contributed by atoms with Crippen LogP contribution >= 0.6 is 11.6 Å².